The lowest BCUT2D eigenvalue weighted by Gasteiger charge is -2.43. The van der Waals surface area contributed by atoms with Crippen LogP contribution in [0.1, 0.15) is 36.6 Å². The van der Waals surface area contributed by atoms with Gasteiger partial charge in [-0.3, -0.25) is 4.79 Å². The summed E-state index contributed by atoms with van der Waals surface area (Å²) < 4.78 is 13.2. The smallest absolute Gasteiger partial charge is 0.233 e. The molecule has 1 saturated carbocycles. The molecule has 4 heteroatoms. The number of nitrogens with zero attached hydrogens (tertiary/aromatic N) is 1. The molecule has 1 heterocycles. The Morgan fingerprint density at radius 2 is 2.00 bits per heavy atom. The molecule has 1 fully saturated rings. The largest absolute Gasteiger partial charge is 0.337 e. The first-order valence-electron chi connectivity index (χ1n) is 7.73. The van der Waals surface area contributed by atoms with Crippen LogP contribution in [0.25, 0.3) is 0 Å². The molecule has 22 heavy (non-hydrogen) atoms. The van der Waals surface area contributed by atoms with Crippen molar-refractivity contribution < 1.29 is 9.18 Å². The van der Waals surface area contributed by atoms with Crippen molar-refractivity contribution in [3.05, 3.63) is 58.0 Å². The number of likely N-dealkylation sites (N-methyl/N-ethyl adjacent to an activating group) is 1. The second kappa shape index (κ2) is 6.21. The Kier molecular flexibility index (Phi) is 4.30. The number of carbonyl (C=O) groups is 1. The van der Waals surface area contributed by atoms with E-state index in [1.54, 1.807) is 23.5 Å². The fourth-order valence-corrected chi connectivity index (χ4v) is 3.87. The van der Waals surface area contributed by atoms with Crippen LogP contribution in [0.4, 0.5) is 4.39 Å². The third-order valence-electron chi connectivity index (χ3n) is 4.61. The number of benzene rings is 1. The number of carbonyl (C=O) groups excluding carboxylic acids is 1. The number of halogens is 1. The van der Waals surface area contributed by atoms with Gasteiger partial charge in [-0.15, -0.1) is 11.3 Å². The van der Waals surface area contributed by atoms with Gasteiger partial charge in [0.2, 0.25) is 5.91 Å². The number of hydrogen-bond donors (Lipinski definition) is 0. The highest BCUT2D eigenvalue weighted by atomic mass is 32.1. The molecule has 0 bridgehead atoms. The maximum atomic E-state index is 13.2. The van der Waals surface area contributed by atoms with E-state index in [1.807, 2.05) is 23.3 Å². The van der Waals surface area contributed by atoms with Gasteiger partial charge in [-0.05, 0) is 48.9 Å². The average Bonchev–Trinajstić information content (AvgIpc) is 2.98. The summed E-state index contributed by atoms with van der Waals surface area (Å²) >= 11 is 1.67. The highest BCUT2D eigenvalue weighted by molar-refractivity contribution is 7.09. The summed E-state index contributed by atoms with van der Waals surface area (Å²) in [7, 11) is 0. The predicted molar refractivity (Wildman–Crippen MR) is 87.3 cm³/mol. The van der Waals surface area contributed by atoms with E-state index in [1.165, 1.54) is 17.0 Å². The molecule has 1 amide bonds. The summed E-state index contributed by atoms with van der Waals surface area (Å²) in [5, 5.41) is 2.03. The molecule has 2 nitrogen and oxygen atoms in total. The standard InChI is InChI=1S/C18H20FNOS/c1-2-20(13-16-5-3-12-22-16)17(21)18(10-4-11-18)14-6-8-15(19)9-7-14/h3,5-9,12H,2,4,10-11,13H2,1H3. The monoisotopic (exact) mass is 317 g/mol. The Bertz CT molecular complexity index is 632. The van der Waals surface area contributed by atoms with Gasteiger partial charge in [0.15, 0.2) is 0 Å². The zero-order chi connectivity index (χ0) is 15.6. The molecule has 116 valence electrons. The normalized spacial score (nSPS) is 16.1. The molecular formula is C18H20FNOS. The molecular weight excluding hydrogens is 297 g/mol. The van der Waals surface area contributed by atoms with Crippen LogP contribution >= 0.6 is 11.3 Å². The summed E-state index contributed by atoms with van der Waals surface area (Å²) in [6.07, 6.45) is 2.77. The van der Waals surface area contributed by atoms with Gasteiger partial charge in [-0.2, -0.15) is 0 Å². The van der Waals surface area contributed by atoms with Gasteiger partial charge in [-0.1, -0.05) is 24.6 Å². The molecule has 1 aliphatic carbocycles. The summed E-state index contributed by atoms with van der Waals surface area (Å²) in [6, 6.07) is 10.5. The van der Waals surface area contributed by atoms with Gasteiger partial charge < -0.3 is 4.90 Å². The highest BCUT2D eigenvalue weighted by Gasteiger charge is 2.47. The Balaban J connectivity index is 1.85. The molecule has 1 aliphatic rings. The molecule has 0 unspecified atom stereocenters. The minimum atomic E-state index is -0.443. The number of thiophene rings is 1. The maximum Gasteiger partial charge on any atom is 0.233 e. The third kappa shape index (κ3) is 2.68. The molecule has 1 aromatic carbocycles. The van der Waals surface area contributed by atoms with Crippen LogP contribution in [0.5, 0.6) is 0 Å². The lowest BCUT2D eigenvalue weighted by atomic mass is 9.63. The van der Waals surface area contributed by atoms with Crippen molar-refractivity contribution in [1.82, 2.24) is 4.90 Å². The van der Waals surface area contributed by atoms with Crippen molar-refractivity contribution in [3.63, 3.8) is 0 Å². The van der Waals surface area contributed by atoms with E-state index >= 15 is 0 Å². The van der Waals surface area contributed by atoms with E-state index < -0.39 is 5.41 Å². The van der Waals surface area contributed by atoms with Crippen molar-refractivity contribution in [2.24, 2.45) is 0 Å². The minimum Gasteiger partial charge on any atom is -0.337 e. The van der Waals surface area contributed by atoms with Gasteiger partial charge in [0.25, 0.3) is 0 Å². The van der Waals surface area contributed by atoms with Crippen molar-refractivity contribution in [2.45, 2.75) is 38.1 Å². The first-order chi connectivity index (χ1) is 10.7. The third-order valence-corrected chi connectivity index (χ3v) is 5.47. The van der Waals surface area contributed by atoms with Gasteiger partial charge >= 0.3 is 0 Å². The Morgan fingerprint density at radius 3 is 2.50 bits per heavy atom. The predicted octanol–water partition coefficient (Wildman–Crippen LogP) is 4.36. The van der Waals surface area contributed by atoms with E-state index in [0.29, 0.717) is 13.1 Å². The van der Waals surface area contributed by atoms with Gasteiger partial charge in [-0.25, -0.2) is 4.39 Å². The van der Waals surface area contributed by atoms with Crippen LogP contribution in [0.15, 0.2) is 41.8 Å². The van der Waals surface area contributed by atoms with Crippen LogP contribution in [0.2, 0.25) is 0 Å². The Hall–Kier alpha value is -1.68. The molecule has 0 atom stereocenters. The molecule has 0 saturated heterocycles. The van der Waals surface area contributed by atoms with Crippen LogP contribution in [-0.4, -0.2) is 17.4 Å². The second-order valence-electron chi connectivity index (χ2n) is 5.84. The van der Waals surface area contributed by atoms with Crippen LogP contribution in [0.3, 0.4) is 0 Å². The lowest BCUT2D eigenvalue weighted by Crippen LogP contribution is -2.50. The second-order valence-corrected chi connectivity index (χ2v) is 6.87. The van der Waals surface area contributed by atoms with Gasteiger partial charge in [0, 0.05) is 11.4 Å². The molecule has 0 radical (unpaired) electrons. The van der Waals surface area contributed by atoms with E-state index in [4.69, 9.17) is 0 Å². The molecule has 0 N–H and O–H groups in total. The van der Waals surface area contributed by atoms with E-state index in [9.17, 15) is 9.18 Å². The number of amides is 1. The molecule has 0 aliphatic heterocycles. The van der Waals surface area contributed by atoms with Gasteiger partial charge in [0.1, 0.15) is 5.82 Å². The number of rotatable bonds is 5. The van der Waals surface area contributed by atoms with Crippen LogP contribution < -0.4 is 0 Å². The summed E-state index contributed by atoms with van der Waals surface area (Å²) in [4.78, 5) is 16.2. The average molecular weight is 317 g/mol. The molecule has 3 rings (SSSR count). The summed E-state index contributed by atoms with van der Waals surface area (Å²) in [6.45, 7) is 3.37. The first kappa shape index (κ1) is 15.2. The van der Waals surface area contributed by atoms with E-state index in [0.717, 1.165) is 24.8 Å². The molecule has 2 aromatic rings. The quantitative estimate of drug-likeness (QED) is 0.802. The van der Waals surface area contributed by atoms with E-state index in [2.05, 4.69) is 6.07 Å². The van der Waals surface area contributed by atoms with Crippen molar-refractivity contribution in [2.75, 3.05) is 6.54 Å². The first-order valence-corrected chi connectivity index (χ1v) is 8.61. The lowest BCUT2D eigenvalue weighted by molar-refractivity contribution is -0.141. The molecule has 0 spiro atoms. The van der Waals surface area contributed by atoms with Gasteiger partial charge in [0.05, 0.1) is 12.0 Å². The summed E-state index contributed by atoms with van der Waals surface area (Å²) in [5.74, 6) is -0.0714. The molecule has 1 aromatic heterocycles. The Morgan fingerprint density at radius 1 is 1.27 bits per heavy atom. The zero-order valence-electron chi connectivity index (χ0n) is 12.7. The van der Waals surface area contributed by atoms with Crippen LogP contribution in [-0.2, 0) is 16.8 Å². The fourth-order valence-electron chi connectivity index (χ4n) is 3.15. The van der Waals surface area contributed by atoms with Crippen molar-refractivity contribution >= 4 is 17.2 Å². The topological polar surface area (TPSA) is 20.3 Å². The summed E-state index contributed by atoms with van der Waals surface area (Å²) in [5.41, 5.74) is 0.510. The maximum absolute atomic E-state index is 13.2. The fraction of sp³-hybridized carbons (Fsp3) is 0.389. The Labute approximate surface area is 134 Å². The zero-order valence-corrected chi connectivity index (χ0v) is 13.5. The van der Waals surface area contributed by atoms with Crippen LogP contribution in [0, 0.1) is 5.82 Å². The van der Waals surface area contributed by atoms with E-state index in [-0.39, 0.29) is 11.7 Å². The minimum absolute atomic E-state index is 0.182. The number of hydrogen-bond acceptors (Lipinski definition) is 2. The van der Waals surface area contributed by atoms with Crippen molar-refractivity contribution in [1.29, 1.82) is 0 Å². The SMILES string of the molecule is CCN(Cc1cccs1)C(=O)C1(c2ccc(F)cc2)CCC1. The van der Waals surface area contributed by atoms with Crippen molar-refractivity contribution in [3.8, 4) is 0 Å². The highest BCUT2D eigenvalue weighted by Crippen LogP contribution is 2.45.